The Bertz CT molecular complexity index is 652. The highest BCUT2D eigenvalue weighted by atomic mass is 79.9. The number of nitrogens with one attached hydrogen (secondary N) is 1. The first-order valence-corrected chi connectivity index (χ1v) is 6.25. The lowest BCUT2D eigenvalue weighted by molar-refractivity contribution is 0.0697. The summed E-state index contributed by atoms with van der Waals surface area (Å²) in [5, 5.41) is 12.2. The standard InChI is InChI=1S/C12H7BrClFN2O2/c13-6-1-2-9(14)10(3-6)17-11-8(12(18)19)4-7(15)5-16-11/h1-5H,(H,16,17)(H,18,19). The van der Waals surface area contributed by atoms with Gasteiger partial charge in [0, 0.05) is 4.47 Å². The van der Waals surface area contributed by atoms with Crippen molar-refractivity contribution in [2.75, 3.05) is 5.32 Å². The molecule has 0 radical (unpaired) electrons. The summed E-state index contributed by atoms with van der Waals surface area (Å²) in [6, 6.07) is 5.93. The predicted molar refractivity (Wildman–Crippen MR) is 73.6 cm³/mol. The number of halogens is 3. The molecule has 0 bridgehead atoms. The van der Waals surface area contributed by atoms with E-state index < -0.39 is 11.8 Å². The normalized spacial score (nSPS) is 10.3. The summed E-state index contributed by atoms with van der Waals surface area (Å²) in [6.07, 6.45) is 0.931. The molecule has 1 heterocycles. The van der Waals surface area contributed by atoms with Crippen molar-refractivity contribution >= 4 is 45.0 Å². The van der Waals surface area contributed by atoms with Crippen molar-refractivity contribution < 1.29 is 14.3 Å². The molecule has 0 fully saturated rings. The maximum Gasteiger partial charge on any atom is 0.339 e. The number of nitrogens with zero attached hydrogens (tertiary/aromatic N) is 1. The van der Waals surface area contributed by atoms with Gasteiger partial charge in [0.15, 0.2) is 0 Å². The minimum absolute atomic E-state index is 0.0221. The van der Waals surface area contributed by atoms with Crippen LogP contribution in [0.3, 0.4) is 0 Å². The molecule has 2 aromatic rings. The second-order valence-electron chi connectivity index (χ2n) is 3.60. The van der Waals surface area contributed by atoms with Gasteiger partial charge in [0.05, 0.1) is 16.9 Å². The highest BCUT2D eigenvalue weighted by molar-refractivity contribution is 9.10. The van der Waals surface area contributed by atoms with Crippen LogP contribution in [0.4, 0.5) is 15.9 Å². The van der Waals surface area contributed by atoms with Gasteiger partial charge in [-0.2, -0.15) is 0 Å². The molecule has 2 N–H and O–H groups in total. The first-order valence-electron chi connectivity index (χ1n) is 5.08. The molecule has 0 saturated heterocycles. The average Bonchev–Trinajstić information content (AvgIpc) is 2.35. The number of carboxylic acid groups (broad SMARTS) is 1. The summed E-state index contributed by atoms with van der Waals surface area (Å²) < 4.78 is 13.8. The molecule has 0 aliphatic heterocycles. The molecule has 0 unspecified atom stereocenters. The van der Waals surface area contributed by atoms with Crippen molar-refractivity contribution in [2.45, 2.75) is 0 Å². The quantitative estimate of drug-likeness (QED) is 0.880. The van der Waals surface area contributed by atoms with Gasteiger partial charge >= 0.3 is 5.97 Å². The molecule has 19 heavy (non-hydrogen) atoms. The van der Waals surface area contributed by atoms with Gasteiger partial charge < -0.3 is 10.4 Å². The molecule has 0 aliphatic rings. The smallest absolute Gasteiger partial charge is 0.339 e. The number of hydrogen-bond donors (Lipinski definition) is 2. The van der Waals surface area contributed by atoms with Crippen LogP contribution in [0.2, 0.25) is 5.02 Å². The summed E-state index contributed by atoms with van der Waals surface area (Å²) in [5.41, 5.74) is 0.202. The van der Waals surface area contributed by atoms with E-state index in [9.17, 15) is 9.18 Å². The van der Waals surface area contributed by atoms with Crippen LogP contribution >= 0.6 is 27.5 Å². The number of rotatable bonds is 3. The van der Waals surface area contributed by atoms with E-state index in [1.807, 2.05) is 0 Å². The highest BCUT2D eigenvalue weighted by Gasteiger charge is 2.14. The van der Waals surface area contributed by atoms with Crippen LogP contribution in [0, 0.1) is 5.82 Å². The molecule has 0 amide bonds. The van der Waals surface area contributed by atoms with E-state index in [1.54, 1.807) is 18.2 Å². The zero-order valence-electron chi connectivity index (χ0n) is 9.32. The first kappa shape index (κ1) is 13.8. The lowest BCUT2D eigenvalue weighted by Gasteiger charge is -2.10. The Morgan fingerprint density at radius 1 is 1.42 bits per heavy atom. The topological polar surface area (TPSA) is 62.2 Å². The SMILES string of the molecule is O=C(O)c1cc(F)cnc1Nc1cc(Br)ccc1Cl. The van der Waals surface area contributed by atoms with Crippen LogP contribution < -0.4 is 5.32 Å². The minimum Gasteiger partial charge on any atom is -0.478 e. The van der Waals surface area contributed by atoms with Crippen LogP contribution in [0.1, 0.15) is 10.4 Å². The Morgan fingerprint density at radius 2 is 2.16 bits per heavy atom. The third-order valence-corrected chi connectivity index (χ3v) is 3.09. The summed E-state index contributed by atoms with van der Waals surface area (Å²) in [5.74, 6) is -1.97. The van der Waals surface area contributed by atoms with Crippen molar-refractivity contribution in [3.05, 3.63) is 51.3 Å². The fourth-order valence-electron chi connectivity index (χ4n) is 1.42. The first-order chi connectivity index (χ1) is 8.97. The second-order valence-corrected chi connectivity index (χ2v) is 4.93. The van der Waals surface area contributed by atoms with Crippen LogP contribution in [0.25, 0.3) is 0 Å². The fraction of sp³-hybridized carbons (Fsp3) is 0. The lowest BCUT2D eigenvalue weighted by atomic mass is 10.2. The van der Waals surface area contributed by atoms with Crippen LogP contribution in [-0.2, 0) is 0 Å². The Hall–Kier alpha value is -1.66. The molecular formula is C12H7BrClFN2O2. The molecular weight excluding hydrogens is 338 g/mol. The summed E-state index contributed by atoms with van der Waals surface area (Å²) in [4.78, 5) is 14.8. The maximum atomic E-state index is 13.0. The Labute approximate surface area is 121 Å². The lowest BCUT2D eigenvalue weighted by Crippen LogP contribution is -2.06. The monoisotopic (exact) mass is 344 g/mol. The van der Waals surface area contributed by atoms with Gasteiger partial charge in [-0.3, -0.25) is 0 Å². The van der Waals surface area contributed by atoms with E-state index >= 15 is 0 Å². The van der Waals surface area contributed by atoms with Crippen LogP contribution in [0.5, 0.6) is 0 Å². The Kier molecular flexibility index (Phi) is 4.01. The molecule has 2 rings (SSSR count). The molecule has 0 atom stereocenters. The number of aromatic nitrogens is 1. The second kappa shape index (κ2) is 5.54. The van der Waals surface area contributed by atoms with Crippen LogP contribution in [-0.4, -0.2) is 16.1 Å². The third-order valence-electron chi connectivity index (χ3n) is 2.27. The number of pyridine rings is 1. The fourth-order valence-corrected chi connectivity index (χ4v) is 1.95. The number of carboxylic acids is 1. The summed E-state index contributed by atoms with van der Waals surface area (Å²) in [6.45, 7) is 0. The van der Waals surface area contributed by atoms with E-state index in [2.05, 4.69) is 26.2 Å². The van der Waals surface area contributed by atoms with Crippen LogP contribution in [0.15, 0.2) is 34.9 Å². The van der Waals surface area contributed by atoms with Gasteiger partial charge in [-0.05, 0) is 24.3 Å². The maximum absolute atomic E-state index is 13.0. The van der Waals surface area contributed by atoms with Gasteiger partial charge in [-0.25, -0.2) is 14.2 Å². The number of aromatic carboxylic acids is 1. The van der Waals surface area contributed by atoms with Crippen molar-refractivity contribution in [2.24, 2.45) is 0 Å². The third kappa shape index (κ3) is 3.21. The van der Waals surface area contributed by atoms with E-state index in [-0.39, 0.29) is 11.4 Å². The van der Waals surface area contributed by atoms with Crippen molar-refractivity contribution in [3.63, 3.8) is 0 Å². The van der Waals surface area contributed by atoms with E-state index in [1.165, 1.54) is 0 Å². The zero-order valence-corrected chi connectivity index (χ0v) is 11.7. The van der Waals surface area contributed by atoms with E-state index in [0.29, 0.717) is 10.7 Å². The zero-order chi connectivity index (χ0) is 14.0. The number of anilines is 2. The van der Waals surface area contributed by atoms with Crippen molar-refractivity contribution in [1.82, 2.24) is 4.98 Å². The van der Waals surface area contributed by atoms with Gasteiger partial charge in [0.25, 0.3) is 0 Å². The highest BCUT2D eigenvalue weighted by Crippen LogP contribution is 2.29. The largest absolute Gasteiger partial charge is 0.478 e. The molecule has 0 aliphatic carbocycles. The van der Waals surface area contributed by atoms with Crippen molar-refractivity contribution in [1.29, 1.82) is 0 Å². The van der Waals surface area contributed by atoms with Gasteiger partial charge in [-0.1, -0.05) is 27.5 Å². The van der Waals surface area contributed by atoms with E-state index in [4.69, 9.17) is 16.7 Å². The molecule has 0 spiro atoms. The van der Waals surface area contributed by atoms with E-state index in [0.717, 1.165) is 16.7 Å². The van der Waals surface area contributed by atoms with Crippen molar-refractivity contribution in [3.8, 4) is 0 Å². The molecule has 1 aromatic heterocycles. The Morgan fingerprint density at radius 3 is 2.84 bits per heavy atom. The summed E-state index contributed by atoms with van der Waals surface area (Å²) >= 11 is 9.25. The number of hydrogen-bond acceptors (Lipinski definition) is 3. The molecule has 98 valence electrons. The molecule has 1 aromatic carbocycles. The Balaban J connectivity index is 2.43. The minimum atomic E-state index is -1.28. The molecule has 4 nitrogen and oxygen atoms in total. The average molecular weight is 346 g/mol. The summed E-state index contributed by atoms with van der Waals surface area (Å²) in [7, 11) is 0. The van der Waals surface area contributed by atoms with Gasteiger partial charge in [0.2, 0.25) is 0 Å². The number of carbonyl (C=O) groups is 1. The molecule has 7 heteroatoms. The van der Waals surface area contributed by atoms with Gasteiger partial charge in [0.1, 0.15) is 17.2 Å². The number of benzene rings is 1. The predicted octanol–water partition coefficient (Wildman–Crippen LogP) is 4.08. The molecule has 0 saturated carbocycles. The van der Waals surface area contributed by atoms with Gasteiger partial charge in [-0.15, -0.1) is 0 Å².